The number of likely N-dealkylation sites (tertiary alicyclic amines) is 1. The molecule has 0 saturated carbocycles. The number of hydrogen-bond acceptors (Lipinski definition) is 5. The highest BCUT2D eigenvalue weighted by atomic mass is 32.2. The number of halogens is 1. The number of fused-ring (bicyclic) bond motifs is 1. The number of hydrogen-bond donors (Lipinski definition) is 1. The van der Waals surface area contributed by atoms with E-state index in [1.54, 1.807) is 11.8 Å². The second kappa shape index (κ2) is 5.58. The number of carboxylic acid groups (broad SMARTS) is 1. The van der Waals surface area contributed by atoms with Gasteiger partial charge in [-0.25, -0.2) is 0 Å². The minimum absolute atomic E-state index is 0. The van der Waals surface area contributed by atoms with Gasteiger partial charge in [-0.05, 0) is 0 Å². The molecule has 118 valence electrons. The SMILES string of the molecule is C[N+]1(CC2=C(C(=O)[O-])N3C(=O)[C@@H](N)[C@H]3SC2)CCCC1.F. The molecule has 3 aliphatic rings. The standard InChI is InChI=1S/C13H19N3O3S.FH/c1-16(4-2-3-5-16)6-8-7-20-12-9(14)11(17)15(12)10(8)13(18)19;/h9,12H,2-7,14H2,1H3;1H/t9-,12-;/m1./s1. The van der Waals surface area contributed by atoms with Crippen LogP contribution < -0.4 is 10.8 Å². The van der Waals surface area contributed by atoms with E-state index in [1.165, 1.54) is 17.7 Å². The number of quaternary nitrogens is 1. The third kappa shape index (κ3) is 2.56. The van der Waals surface area contributed by atoms with Gasteiger partial charge < -0.3 is 20.1 Å². The lowest BCUT2D eigenvalue weighted by Gasteiger charge is -2.50. The van der Waals surface area contributed by atoms with Gasteiger partial charge in [0, 0.05) is 24.2 Å². The molecule has 21 heavy (non-hydrogen) atoms. The van der Waals surface area contributed by atoms with Crippen molar-refractivity contribution in [3.63, 3.8) is 0 Å². The first-order valence-electron chi connectivity index (χ1n) is 6.90. The third-order valence-electron chi connectivity index (χ3n) is 4.50. The maximum Gasteiger partial charge on any atom is 0.248 e. The zero-order chi connectivity index (χ0) is 14.5. The molecule has 2 saturated heterocycles. The lowest BCUT2D eigenvalue weighted by molar-refractivity contribution is -0.893. The summed E-state index contributed by atoms with van der Waals surface area (Å²) < 4.78 is 0.853. The molecule has 0 spiro atoms. The molecule has 0 unspecified atom stereocenters. The lowest BCUT2D eigenvalue weighted by atomic mass is 10.0. The smallest absolute Gasteiger partial charge is 0.248 e. The summed E-state index contributed by atoms with van der Waals surface area (Å²) in [6.45, 7) is 2.80. The Bertz CT molecular complexity index is 505. The molecule has 2 atom stereocenters. The number of carbonyl (C=O) groups excluding carboxylic acids is 2. The Labute approximate surface area is 126 Å². The predicted molar refractivity (Wildman–Crippen MR) is 75.6 cm³/mol. The van der Waals surface area contributed by atoms with E-state index < -0.39 is 12.0 Å². The van der Waals surface area contributed by atoms with Crippen LogP contribution in [0.25, 0.3) is 0 Å². The van der Waals surface area contributed by atoms with Crippen molar-refractivity contribution in [1.29, 1.82) is 0 Å². The fourth-order valence-electron chi connectivity index (χ4n) is 3.41. The molecule has 1 amide bonds. The van der Waals surface area contributed by atoms with Crippen LogP contribution in [-0.4, -0.2) is 65.1 Å². The van der Waals surface area contributed by atoms with E-state index >= 15 is 0 Å². The molecule has 2 N–H and O–H groups in total. The summed E-state index contributed by atoms with van der Waals surface area (Å²) in [5.74, 6) is -0.932. The summed E-state index contributed by atoms with van der Waals surface area (Å²) >= 11 is 1.56. The first-order valence-corrected chi connectivity index (χ1v) is 7.95. The van der Waals surface area contributed by atoms with Gasteiger partial charge in [-0.3, -0.25) is 14.4 Å². The molecular weight excluding hydrogens is 297 g/mol. The Hall–Kier alpha value is -1.12. The Morgan fingerprint density at radius 3 is 2.67 bits per heavy atom. The van der Waals surface area contributed by atoms with E-state index in [4.69, 9.17) is 5.73 Å². The van der Waals surface area contributed by atoms with Gasteiger partial charge in [0.25, 0.3) is 0 Å². The van der Waals surface area contributed by atoms with Gasteiger partial charge in [0.1, 0.15) is 18.0 Å². The number of nitrogens with two attached hydrogens (primary N) is 1. The number of thioether (sulfide) groups is 1. The monoisotopic (exact) mass is 317 g/mol. The van der Waals surface area contributed by atoms with Crippen LogP contribution in [0.2, 0.25) is 0 Å². The summed E-state index contributed by atoms with van der Waals surface area (Å²) in [4.78, 5) is 24.6. The number of rotatable bonds is 3. The van der Waals surface area contributed by atoms with Crippen LogP contribution >= 0.6 is 11.8 Å². The number of aliphatic carboxylic acids is 1. The second-order valence-electron chi connectivity index (χ2n) is 6.11. The highest BCUT2D eigenvalue weighted by Crippen LogP contribution is 2.40. The molecule has 0 aromatic rings. The quantitative estimate of drug-likeness (QED) is 0.512. The van der Waals surface area contributed by atoms with E-state index in [-0.39, 0.29) is 21.7 Å². The molecule has 0 aromatic carbocycles. The maximum absolute atomic E-state index is 11.8. The lowest BCUT2D eigenvalue weighted by Crippen LogP contribution is -2.69. The van der Waals surface area contributed by atoms with Gasteiger partial charge in [0.2, 0.25) is 5.91 Å². The van der Waals surface area contributed by atoms with E-state index in [9.17, 15) is 14.7 Å². The fourth-order valence-corrected chi connectivity index (χ4v) is 4.69. The molecule has 8 heteroatoms. The molecular formula is C13H20FN3O3S. The van der Waals surface area contributed by atoms with Crippen molar-refractivity contribution >= 4 is 23.6 Å². The van der Waals surface area contributed by atoms with Crippen LogP contribution in [0.5, 0.6) is 0 Å². The summed E-state index contributed by atoms with van der Waals surface area (Å²) in [7, 11) is 2.15. The van der Waals surface area contributed by atoms with Gasteiger partial charge in [-0.15, -0.1) is 11.8 Å². The molecule has 0 bridgehead atoms. The molecule has 6 nitrogen and oxygen atoms in total. The number of β-lactam (4-membered cyclic amide) rings is 1. The first kappa shape index (κ1) is 16.3. The van der Waals surface area contributed by atoms with E-state index in [0.717, 1.165) is 23.1 Å². The minimum Gasteiger partial charge on any atom is -0.543 e. The van der Waals surface area contributed by atoms with Crippen molar-refractivity contribution < 1.29 is 23.9 Å². The van der Waals surface area contributed by atoms with Crippen LogP contribution in [0.4, 0.5) is 4.70 Å². The zero-order valence-electron chi connectivity index (χ0n) is 11.9. The maximum atomic E-state index is 11.8. The van der Waals surface area contributed by atoms with E-state index in [1.807, 2.05) is 0 Å². The summed E-state index contributed by atoms with van der Waals surface area (Å²) in [5, 5.41) is 11.2. The van der Waals surface area contributed by atoms with Crippen molar-refractivity contribution in [2.24, 2.45) is 5.73 Å². The molecule has 3 aliphatic heterocycles. The first-order chi connectivity index (χ1) is 9.43. The average molecular weight is 317 g/mol. The largest absolute Gasteiger partial charge is 0.543 e. The van der Waals surface area contributed by atoms with Crippen LogP contribution in [-0.2, 0) is 9.59 Å². The Kier molecular flexibility index (Phi) is 4.32. The van der Waals surface area contributed by atoms with Crippen molar-refractivity contribution in [2.75, 3.05) is 32.4 Å². The van der Waals surface area contributed by atoms with Gasteiger partial charge in [-0.2, -0.15) is 0 Å². The number of carboxylic acids is 1. The van der Waals surface area contributed by atoms with Gasteiger partial charge in [0.15, 0.2) is 0 Å². The second-order valence-corrected chi connectivity index (χ2v) is 7.21. The summed E-state index contributed by atoms with van der Waals surface area (Å²) in [6, 6.07) is -0.576. The molecule has 3 rings (SSSR count). The third-order valence-corrected chi connectivity index (χ3v) is 5.86. The van der Waals surface area contributed by atoms with Crippen LogP contribution in [0.1, 0.15) is 12.8 Å². The van der Waals surface area contributed by atoms with Crippen molar-refractivity contribution in [2.45, 2.75) is 24.3 Å². The average Bonchev–Trinajstić information content (AvgIpc) is 2.83. The van der Waals surface area contributed by atoms with Gasteiger partial charge in [-0.1, -0.05) is 0 Å². The zero-order valence-corrected chi connectivity index (χ0v) is 12.7. The fraction of sp³-hybridized carbons (Fsp3) is 0.692. The topological polar surface area (TPSA) is 86.5 Å². The number of nitrogens with zero attached hydrogens (tertiary/aromatic N) is 2. The molecule has 0 aromatic heterocycles. The molecule has 0 radical (unpaired) electrons. The predicted octanol–water partition coefficient (Wildman–Crippen LogP) is -1.37. The summed E-state index contributed by atoms with van der Waals surface area (Å²) in [5.41, 5.74) is 6.61. The van der Waals surface area contributed by atoms with Crippen molar-refractivity contribution in [3.05, 3.63) is 11.3 Å². The van der Waals surface area contributed by atoms with Crippen molar-refractivity contribution in [1.82, 2.24) is 4.90 Å². The van der Waals surface area contributed by atoms with E-state index in [0.29, 0.717) is 12.3 Å². The molecule has 3 heterocycles. The van der Waals surface area contributed by atoms with E-state index in [2.05, 4.69) is 7.05 Å². The van der Waals surface area contributed by atoms with Gasteiger partial charge >= 0.3 is 0 Å². The molecule has 2 fully saturated rings. The Morgan fingerprint density at radius 1 is 1.48 bits per heavy atom. The number of likely N-dealkylation sites (N-methyl/N-ethyl adjacent to an activating group) is 1. The Morgan fingerprint density at radius 2 is 2.10 bits per heavy atom. The van der Waals surface area contributed by atoms with Crippen LogP contribution in [0.3, 0.4) is 0 Å². The Balaban J connectivity index is 0.00000161. The molecule has 0 aliphatic carbocycles. The minimum atomic E-state index is -1.25. The van der Waals surface area contributed by atoms with Gasteiger partial charge in [0.05, 0.1) is 31.8 Å². The van der Waals surface area contributed by atoms with Crippen molar-refractivity contribution in [3.8, 4) is 0 Å². The number of amides is 1. The van der Waals surface area contributed by atoms with Crippen LogP contribution in [0.15, 0.2) is 11.3 Å². The normalized spacial score (nSPS) is 30.6. The van der Waals surface area contributed by atoms with Crippen LogP contribution in [0, 0.1) is 0 Å². The summed E-state index contributed by atoms with van der Waals surface area (Å²) in [6.07, 6.45) is 2.35. The highest BCUT2D eigenvalue weighted by molar-refractivity contribution is 8.00. The number of carbonyl (C=O) groups is 2. The highest BCUT2D eigenvalue weighted by Gasteiger charge is 2.50.